The van der Waals surface area contributed by atoms with Crippen LogP contribution in [0.1, 0.15) is 26.7 Å². The summed E-state index contributed by atoms with van der Waals surface area (Å²) < 4.78 is 5.62. The maximum atomic E-state index is 12.4. The zero-order chi connectivity index (χ0) is 14.4. The van der Waals surface area contributed by atoms with E-state index in [9.17, 15) is 4.79 Å². The van der Waals surface area contributed by atoms with Gasteiger partial charge in [0.15, 0.2) is 0 Å². The molecule has 1 aromatic rings. The summed E-state index contributed by atoms with van der Waals surface area (Å²) in [5, 5.41) is 0. The highest BCUT2D eigenvalue weighted by Crippen LogP contribution is 2.30. The van der Waals surface area contributed by atoms with E-state index in [1.807, 2.05) is 29.2 Å². The first-order valence-corrected chi connectivity index (χ1v) is 7.50. The molecular weight excluding hydrogens is 252 g/mol. The first-order chi connectivity index (χ1) is 9.76. The predicted molar refractivity (Wildman–Crippen MR) is 81.3 cm³/mol. The highest BCUT2D eigenvalue weighted by atomic mass is 16.5. The van der Waals surface area contributed by atoms with Crippen molar-refractivity contribution in [2.45, 2.75) is 26.7 Å². The molecule has 0 saturated heterocycles. The Bertz CT molecular complexity index is 442. The van der Waals surface area contributed by atoms with Gasteiger partial charge in [0.25, 0.3) is 0 Å². The van der Waals surface area contributed by atoms with Crippen LogP contribution in [0.15, 0.2) is 24.3 Å². The smallest absolute Gasteiger partial charge is 0.242 e. The molecule has 1 heterocycles. The topological polar surface area (TPSA) is 32.8 Å². The van der Waals surface area contributed by atoms with Gasteiger partial charge in [-0.05, 0) is 25.0 Å². The molecule has 0 saturated carbocycles. The van der Waals surface area contributed by atoms with Crippen molar-refractivity contribution in [1.29, 1.82) is 0 Å². The molecule has 0 atom stereocenters. The van der Waals surface area contributed by atoms with Crippen LogP contribution in [-0.2, 0) is 4.79 Å². The lowest BCUT2D eigenvalue weighted by Gasteiger charge is -2.32. The number of benzene rings is 1. The Labute approximate surface area is 121 Å². The van der Waals surface area contributed by atoms with Crippen molar-refractivity contribution in [1.82, 2.24) is 4.90 Å². The quantitative estimate of drug-likeness (QED) is 0.800. The summed E-state index contributed by atoms with van der Waals surface area (Å²) in [5.41, 5.74) is 1.03. The van der Waals surface area contributed by atoms with Crippen molar-refractivity contribution >= 4 is 11.6 Å². The lowest BCUT2D eigenvalue weighted by Crippen LogP contribution is -2.43. The van der Waals surface area contributed by atoms with Gasteiger partial charge in [-0.25, -0.2) is 0 Å². The van der Waals surface area contributed by atoms with E-state index in [1.165, 1.54) is 0 Å². The van der Waals surface area contributed by atoms with E-state index in [0.29, 0.717) is 13.2 Å². The van der Waals surface area contributed by atoms with Crippen LogP contribution in [0.3, 0.4) is 0 Å². The second kappa shape index (κ2) is 7.17. The van der Waals surface area contributed by atoms with Gasteiger partial charge in [-0.15, -0.1) is 0 Å². The number of carbonyl (C=O) groups is 1. The van der Waals surface area contributed by atoms with Gasteiger partial charge >= 0.3 is 0 Å². The summed E-state index contributed by atoms with van der Waals surface area (Å²) in [6, 6.07) is 7.93. The summed E-state index contributed by atoms with van der Waals surface area (Å²) in [6.45, 7) is 7.78. The van der Waals surface area contributed by atoms with E-state index in [2.05, 4.69) is 18.7 Å². The molecule has 20 heavy (non-hydrogen) atoms. The summed E-state index contributed by atoms with van der Waals surface area (Å²) in [5.74, 6) is 1.09. The Morgan fingerprint density at radius 3 is 2.65 bits per heavy atom. The van der Waals surface area contributed by atoms with Crippen molar-refractivity contribution in [3.05, 3.63) is 24.3 Å². The minimum Gasteiger partial charge on any atom is -0.490 e. The molecule has 4 nitrogen and oxygen atoms in total. The fourth-order valence-corrected chi connectivity index (χ4v) is 2.56. The molecule has 110 valence electrons. The van der Waals surface area contributed by atoms with Gasteiger partial charge in [0.2, 0.25) is 5.91 Å². The number of amides is 1. The predicted octanol–water partition coefficient (Wildman–Crippen LogP) is 2.53. The number of para-hydroxylation sites is 2. The number of rotatable bonds is 6. The first kappa shape index (κ1) is 14.7. The molecule has 0 aliphatic carbocycles. The van der Waals surface area contributed by atoms with Crippen molar-refractivity contribution in [3.8, 4) is 5.75 Å². The van der Waals surface area contributed by atoms with Gasteiger partial charge in [0.1, 0.15) is 12.4 Å². The van der Waals surface area contributed by atoms with E-state index in [0.717, 1.165) is 43.9 Å². The van der Waals surface area contributed by atoms with Gasteiger partial charge in [-0.2, -0.15) is 0 Å². The summed E-state index contributed by atoms with van der Waals surface area (Å²) in [4.78, 5) is 16.5. The van der Waals surface area contributed by atoms with Crippen molar-refractivity contribution in [2.75, 3.05) is 37.7 Å². The second-order valence-corrected chi connectivity index (χ2v) is 5.12. The van der Waals surface area contributed by atoms with Gasteiger partial charge in [-0.1, -0.05) is 26.0 Å². The summed E-state index contributed by atoms with van der Waals surface area (Å²) in [7, 11) is 0. The minimum absolute atomic E-state index is 0.213. The Balaban J connectivity index is 2.04. The normalized spacial score (nSPS) is 13.6. The average molecular weight is 276 g/mol. The van der Waals surface area contributed by atoms with Crippen molar-refractivity contribution < 1.29 is 9.53 Å². The molecule has 0 spiro atoms. The van der Waals surface area contributed by atoms with Crippen LogP contribution in [0.25, 0.3) is 0 Å². The first-order valence-electron chi connectivity index (χ1n) is 7.50. The molecule has 0 radical (unpaired) electrons. The number of carbonyl (C=O) groups excluding carboxylic acids is 1. The van der Waals surface area contributed by atoms with Crippen LogP contribution in [0, 0.1) is 0 Å². The van der Waals surface area contributed by atoms with Crippen LogP contribution in [0.2, 0.25) is 0 Å². The number of ether oxygens (including phenoxy) is 1. The number of hydrogen-bond acceptors (Lipinski definition) is 3. The fourth-order valence-electron chi connectivity index (χ4n) is 2.56. The van der Waals surface area contributed by atoms with Gasteiger partial charge in [0.05, 0.1) is 18.8 Å². The zero-order valence-corrected chi connectivity index (χ0v) is 12.5. The SMILES string of the molecule is CCCN(CCC)C(=O)CN1CCOc2ccccc21. The Morgan fingerprint density at radius 2 is 1.95 bits per heavy atom. The molecule has 0 aromatic heterocycles. The van der Waals surface area contributed by atoms with Gasteiger partial charge in [-0.3, -0.25) is 4.79 Å². The third-order valence-electron chi connectivity index (χ3n) is 3.49. The van der Waals surface area contributed by atoms with E-state index in [4.69, 9.17) is 4.74 Å². The zero-order valence-electron chi connectivity index (χ0n) is 12.5. The van der Waals surface area contributed by atoms with E-state index in [-0.39, 0.29) is 5.91 Å². The van der Waals surface area contributed by atoms with Gasteiger partial charge in [0, 0.05) is 13.1 Å². The number of fused-ring (bicyclic) bond motifs is 1. The highest BCUT2D eigenvalue weighted by molar-refractivity contribution is 5.82. The second-order valence-electron chi connectivity index (χ2n) is 5.12. The maximum Gasteiger partial charge on any atom is 0.242 e. The molecule has 0 fully saturated rings. The lowest BCUT2D eigenvalue weighted by atomic mass is 10.2. The molecule has 4 heteroatoms. The Morgan fingerprint density at radius 1 is 1.25 bits per heavy atom. The number of anilines is 1. The molecule has 1 aliphatic rings. The van der Waals surface area contributed by atoms with Crippen LogP contribution in [0.5, 0.6) is 5.75 Å². The summed E-state index contributed by atoms with van der Waals surface area (Å²) in [6.07, 6.45) is 2.01. The molecule has 1 amide bonds. The van der Waals surface area contributed by atoms with Crippen LogP contribution >= 0.6 is 0 Å². The Hall–Kier alpha value is -1.71. The van der Waals surface area contributed by atoms with Crippen LogP contribution < -0.4 is 9.64 Å². The summed E-state index contributed by atoms with van der Waals surface area (Å²) >= 11 is 0. The number of nitrogens with zero attached hydrogens (tertiary/aromatic N) is 2. The maximum absolute atomic E-state index is 12.4. The molecule has 1 aromatic carbocycles. The molecule has 0 N–H and O–H groups in total. The van der Waals surface area contributed by atoms with E-state index in [1.54, 1.807) is 0 Å². The molecule has 0 unspecified atom stereocenters. The third kappa shape index (κ3) is 3.44. The van der Waals surface area contributed by atoms with E-state index < -0.39 is 0 Å². The molecule has 0 bridgehead atoms. The largest absolute Gasteiger partial charge is 0.490 e. The van der Waals surface area contributed by atoms with Crippen LogP contribution in [-0.4, -0.2) is 43.6 Å². The third-order valence-corrected chi connectivity index (χ3v) is 3.49. The number of hydrogen-bond donors (Lipinski definition) is 0. The van der Waals surface area contributed by atoms with Crippen LogP contribution in [0.4, 0.5) is 5.69 Å². The van der Waals surface area contributed by atoms with Crippen molar-refractivity contribution in [2.24, 2.45) is 0 Å². The van der Waals surface area contributed by atoms with E-state index >= 15 is 0 Å². The molecular formula is C16H24N2O2. The standard InChI is InChI=1S/C16H24N2O2/c1-3-9-17(10-4-2)16(19)13-18-11-12-20-15-8-6-5-7-14(15)18/h5-8H,3-4,9-13H2,1-2H3. The molecule has 2 rings (SSSR count). The Kier molecular flexibility index (Phi) is 5.27. The van der Waals surface area contributed by atoms with Crippen molar-refractivity contribution in [3.63, 3.8) is 0 Å². The van der Waals surface area contributed by atoms with Gasteiger partial charge < -0.3 is 14.5 Å². The highest BCUT2D eigenvalue weighted by Gasteiger charge is 2.21. The lowest BCUT2D eigenvalue weighted by molar-refractivity contribution is -0.129. The monoisotopic (exact) mass is 276 g/mol. The average Bonchev–Trinajstić information content (AvgIpc) is 2.47. The minimum atomic E-state index is 0.213. The fraction of sp³-hybridized carbons (Fsp3) is 0.562. The molecule has 1 aliphatic heterocycles.